The lowest BCUT2D eigenvalue weighted by molar-refractivity contribution is -0.133. The predicted molar refractivity (Wildman–Crippen MR) is 133 cm³/mol. The summed E-state index contributed by atoms with van der Waals surface area (Å²) in [4.78, 5) is 34.2. The van der Waals surface area contributed by atoms with E-state index in [-0.39, 0.29) is 23.9 Å². The number of rotatable bonds is 2. The van der Waals surface area contributed by atoms with Gasteiger partial charge in [-0.15, -0.1) is 0 Å². The van der Waals surface area contributed by atoms with E-state index in [1.165, 1.54) is 10.9 Å². The number of benzene rings is 2. The minimum Gasteiger partial charge on any atom is -0.349 e. The number of anilines is 1. The first-order chi connectivity index (χ1) is 16.1. The lowest BCUT2D eigenvalue weighted by atomic mass is 9.79. The number of amides is 3. The molecular formula is C26H25BrN4O2. The molecule has 2 N–H and O–H groups in total. The van der Waals surface area contributed by atoms with E-state index in [0.717, 1.165) is 52.9 Å². The van der Waals surface area contributed by atoms with Gasteiger partial charge in [0.05, 0.1) is 16.6 Å². The van der Waals surface area contributed by atoms with E-state index < -0.39 is 0 Å². The van der Waals surface area contributed by atoms with E-state index >= 15 is 0 Å². The van der Waals surface area contributed by atoms with Crippen LogP contribution in [0.4, 0.5) is 10.5 Å². The highest BCUT2D eigenvalue weighted by Crippen LogP contribution is 2.44. The highest BCUT2D eigenvalue weighted by atomic mass is 79.9. The summed E-state index contributed by atoms with van der Waals surface area (Å²) < 4.78 is 0.961. The van der Waals surface area contributed by atoms with Crippen molar-refractivity contribution in [2.75, 3.05) is 25.0 Å². The first-order valence-electron chi connectivity index (χ1n) is 11.5. The number of urea groups is 1. The van der Waals surface area contributed by atoms with Crippen LogP contribution in [0.2, 0.25) is 0 Å². The van der Waals surface area contributed by atoms with Crippen LogP contribution >= 0.6 is 15.9 Å². The Morgan fingerprint density at radius 3 is 2.61 bits per heavy atom. The molecule has 1 aromatic heterocycles. The molecule has 2 aromatic carbocycles. The molecule has 0 radical (unpaired) electrons. The van der Waals surface area contributed by atoms with Crippen LogP contribution in [-0.2, 0) is 11.2 Å². The fourth-order valence-corrected chi connectivity index (χ4v) is 6.12. The third-order valence-electron chi connectivity index (χ3n) is 7.11. The first-order valence-corrected chi connectivity index (χ1v) is 12.3. The third-order valence-corrected chi connectivity index (χ3v) is 7.79. The highest BCUT2D eigenvalue weighted by molar-refractivity contribution is 9.10. The number of para-hydroxylation sites is 1. The van der Waals surface area contributed by atoms with Gasteiger partial charge in [-0.25, -0.2) is 4.79 Å². The number of fused-ring (bicyclic) bond motifs is 2. The number of aromatic nitrogens is 1. The number of nitrogens with one attached hydrogen (secondary N) is 2. The van der Waals surface area contributed by atoms with Crippen molar-refractivity contribution in [1.29, 1.82) is 0 Å². The molecule has 0 saturated carbocycles. The molecule has 3 amide bonds. The van der Waals surface area contributed by atoms with Crippen molar-refractivity contribution in [3.05, 3.63) is 70.3 Å². The van der Waals surface area contributed by atoms with Crippen LogP contribution in [0.1, 0.15) is 24.0 Å². The standard InChI is InChI=1S/C26H25BrN4O2/c27-24-20-14-22-19(18-9-6-10-21(29-24)23(18)20)13-16(25(32)30-11-4-5-12-30)15-31(22)26(33)28-17-7-2-1-3-8-17/h1-3,6-10,13,16,22,29H,4-5,11-12,14-15H2,(H,28,33)/t16-,22-/m1/s1. The molecule has 0 unspecified atom stereocenters. The molecule has 3 aromatic rings. The zero-order valence-corrected chi connectivity index (χ0v) is 19.8. The summed E-state index contributed by atoms with van der Waals surface area (Å²) in [6, 6.07) is 15.4. The second kappa shape index (κ2) is 8.06. The topological polar surface area (TPSA) is 68.4 Å². The Hall–Kier alpha value is -3.06. The van der Waals surface area contributed by atoms with E-state index in [1.807, 2.05) is 46.2 Å². The smallest absolute Gasteiger partial charge is 0.322 e. The minimum absolute atomic E-state index is 0.124. The number of likely N-dealkylation sites (tertiary alicyclic amines) is 1. The summed E-state index contributed by atoms with van der Waals surface area (Å²) >= 11 is 3.69. The highest BCUT2D eigenvalue weighted by Gasteiger charge is 2.41. The zero-order chi connectivity index (χ0) is 22.5. The Kier molecular flexibility index (Phi) is 5.02. The maximum absolute atomic E-state index is 13.5. The van der Waals surface area contributed by atoms with Gasteiger partial charge in [0.25, 0.3) is 0 Å². The lowest BCUT2D eigenvalue weighted by Crippen LogP contribution is -2.52. The van der Waals surface area contributed by atoms with Crippen LogP contribution in [0.15, 0.2) is 59.2 Å². The van der Waals surface area contributed by atoms with E-state index in [2.05, 4.69) is 44.4 Å². The number of aromatic amines is 1. The van der Waals surface area contributed by atoms with Crippen molar-refractivity contribution in [2.24, 2.45) is 5.92 Å². The number of halogens is 1. The molecule has 1 fully saturated rings. The average Bonchev–Trinajstić information content (AvgIpc) is 3.48. The number of nitrogens with zero attached hydrogens (tertiary/aromatic N) is 2. The number of carbonyl (C=O) groups is 2. The number of carbonyl (C=O) groups excluding carboxylic acids is 2. The van der Waals surface area contributed by atoms with Gasteiger partial charge in [-0.1, -0.05) is 36.4 Å². The maximum Gasteiger partial charge on any atom is 0.322 e. The SMILES string of the molecule is O=C([C@@H]1C=C2c3cccc4[nH]c(Br)c(c34)C[C@H]2N(C(=O)Nc2ccccc2)C1)N1CCCC1. The molecule has 33 heavy (non-hydrogen) atoms. The van der Waals surface area contributed by atoms with Gasteiger partial charge in [0, 0.05) is 42.6 Å². The van der Waals surface area contributed by atoms with Crippen LogP contribution in [0.25, 0.3) is 16.5 Å². The van der Waals surface area contributed by atoms with Gasteiger partial charge in [0.15, 0.2) is 0 Å². The second-order valence-corrected chi connectivity index (χ2v) is 9.87. The zero-order valence-electron chi connectivity index (χ0n) is 18.2. The molecule has 1 saturated heterocycles. The van der Waals surface area contributed by atoms with Crippen molar-refractivity contribution in [1.82, 2.24) is 14.8 Å². The number of hydrogen-bond donors (Lipinski definition) is 2. The minimum atomic E-state index is -0.338. The van der Waals surface area contributed by atoms with Gasteiger partial charge in [-0.3, -0.25) is 4.79 Å². The first kappa shape index (κ1) is 20.5. The summed E-state index contributed by atoms with van der Waals surface area (Å²) in [5.41, 5.74) is 5.19. The van der Waals surface area contributed by atoms with Crippen LogP contribution in [0.5, 0.6) is 0 Å². The van der Waals surface area contributed by atoms with E-state index in [4.69, 9.17) is 0 Å². The Balaban J connectivity index is 1.42. The molecule has 6 rings (SSSR count). The van der Waals surface area contributed by atoms with Gasteiger partial charge < -0.3 is 20.1 Å². The molecule has 3 heterocycles. The summed E-state index contributed by atoms with van der Waals surface area (Å²) in [5, 5.41) is 4.23. The van der Waals surface area contributed by atoms with Crippen molar-refractivity contribution in [2.45, 2.75) is 25.3 Å². The largest absolute Gasteiger partial charge is 0.349 e. The van der Waals surface area contributed by atoms with Crippen molar-refractivity contribution in [3.63, 3.8) is 0 Å². The van der Waals surface area contributed by atoms with Crippen LogP contribution in [-0.4, -0.2) is 52.4 Å². The van der Waals surface area contributed by atoms with Crippen LogP contribution in [0.3, 0.4) is 0 Å². The fourth-order valence-electron chi connectivity index (χ4n) is 5.55. The third kappa shape index (κ3) is 3.46. The molecule has 2 aliphatic heterocycles. The van der Waals surface area contributed by atoms with E-state index in [9.17, 15) is 9.59 Å². The molecule has 0 spiro atoms. The van der Waals surface area contributed by atoms with Gasteiger partial charge >= 0.3 is 6.03 Å². The number of H-pyrrole nitrogens is 1. The fraction of sp³-hybridized carbons (Fsp3) is 0.308. The van der Waals surface area contributed by atoms with Crippen LogP contribution in [0, 0.1) is 5.92 Å². The Bertz CT molecular complexity index is 1280. The quantitative estimate of drug-likeness (QED) is 0.514. The summed E-state index contributed by atoms with van der Waals surface area (Å²) in [7, 11) is 0. The molecule has 2 atom stereocenters. The monoisotopic (exact) mass is 504 g/mol. The van der Waals surface area contributed by atoms with Crippen molar-refractivity contribution in [3.8, 4) is 0 Å². The molecule has 0 bridgehead atoms. The Morgan fingerprint density at radius 2 is 1.82 bits per heavy atom. The van der Waals surface area contributed by atoms with E-state index in [0.29, 0.717) is 13.0 Å². The van der Waals surface area contributed by atoms with E-state index in [1.54, 1.807) is 0 Å². The van der Waals surface area contributed by atoms with Crippen molar-refractivity contribution < 1.29 is 9.59 Å². The summed E-state index contributed by atoms with van der Waals surface area (Å²) in [6.07, 6.45) is 4.94. The predicted octanol–water partition coefficient (Wildman–Crippen LogP) is 5.02. The van der Waals surface area contributed by atoms with Crippen molar-refractivity contribution >= 4 is 50.0 Å². The van der Waals surface area contributed by atoms with Gasteiger partial charge in [0.2, 0.25) is 5.91 Å². The molecule has 168 valence electrons. The van der Waals surface area contributed by atoms with Crippen LogP contribution < -0.4 is 5.32 Å². The molecule has 7 heteroatoms. The van der Waals surface area contributed by atoms with Gasteiger partial charge in [-0.05, 0) is 63.7 Å². The molecule has 6 nitrogen and oxygen atoms in total. The maximum atomic E-state index is 13.5. The normalized spacial score (nSPS) is 21.7. The molecular weight excluding hydrogens is 480 g/mol. The lowest BCUT2D eigenvalue weighted by Gasteiger charge is -2.42. The average molecular weight is 505 g/mol. The summed E-state index contributed by atoms with van der Waals surface area (Å²) in [5.74, 6) is -0.209. The second-order valence-electron chi connectivity index (χ2n) is 9.08. The Labute approximate surface area is 200 Å². The Morgan fingerprint density at radius 1 is 1.03 bits per heavy atom. The molecule has 3 aliphatic rings. The summed E-state index contributed by atoms with van der Waals surface area (Å²) in [6.45, 7) is 2.00. The molecule has 1 aliphatic carbocycles. The van der Waals surface area contributed by atoms with Gasteiger partial charge in [-0.2, -0.15) is 0 Å². The number of hydrogen-bond acceptors (Lipinski definition) is 2. The van der Waals surface area contributed by atoms with Gasteiger partial charge in [0.1, 0.15) is 0 Å².